The average molecular weight is 241 g/mol. The largest absolute Gasteiger partial charge is 0 e. The molecule has 0 atom stereocenters. The van der Waals surface area contributed by atoms with Gasteiger partial charge in [-0.2, -0.15) is 0 Å². The second-order valence-corrected chi connectivity index (χ2v) is 0. The normalized spacial score (nSPS) is 1.27. The van der Waals surface area contributed by atoms with Crippen molar-refractivity contribution in [3.63, 3.8) is 0 Å². The zero-order valence-corrected chi connectivity index (χ0v) is 7.64. The molecule has 0 rings (SSSR count). The van der Waals surface area contributed by atoms with Crippen LogP contribution in [0.4, 0.5) is 0 Å². The summed E-state index contributed by atoms with van der Waals surface area (Å²) in [4.78, 5) is 0. The SMILES string of the molecule is C=C.C=C.[C-]#[O+].[C-]#[O+].[C-]#[O+].[Ru]. The minimum absolute atomic E-state index is 0. The first-order chi connectivity index (χ1) is 5.00. The Labute approximate surface area is 80.1 Å². The average Bonchev–Trinajstić information content (AvgIpc) is 2.20. The predicted octanol–water partition coefficient (Wildman–Crippen LogP) is 1.49. The van der Waals surface area contributed by atoms with Gasteiger partial charge in [-0.15, -0.1) is 26.3 Å². The van der Waals surface area contributed by atoms with Crippen molar-refractivity contribution in [2.75, 3.05) is 0 Å². The second kappa shape index (κ2) is 1410. The smallest absolute Gasteiger partial charge is 0 e. The van der Waals surface area contributed by atoms with Gasteiger partial charge in [-0.25, -0.2) is 0 Å². The molecule has 0 heterocycles. The first-order valence-corrected chi connectivity index (χ1v) is 1.61. The Balaban J connectivity index is -0.00000000694. The molecule has 62 valence electrons. The van der Waals surface area contributed by atoms with Crippen LogP contribution in [0.1, 0.15) is 0 Å². The van der Waals surface area contributed by atoms with E-state index in [0.29, 0.717) is 0 Å². The molecule has 3 nitrogen and oxygen atoms in total. The summed E-state index contributed by atoms with van der Waals surface area (Å²) in [6, 6.07) is 0. The van der Waals surface area contributed by atoms with E-state index in [9.17, 15) is 0 Å². The van der Waals surface area contributed by atoms with Crippen LogP contribution in [0.25, 0.3) is 0 Å². The molecule has 0 aromatic carbocycles. The van der Waals surface area contributed by atoms with E-state index in [-0.39, 0.29) is 19.5 Å². The minimum Gasteiger partial charge on any atom is 0 e. The molecule has 0 amide bonds. The Morgan fingerprint density at radius 2 is 0.545 bits per heavy atom. The van der Waals surface area contributed by atoms with Gasteiger partial charge in [-0.3, -0.25) is 0 Å². The van der Waals surface area contributed by atoms with Crippen molar-refractivity contribution in [2.24, 2.45) is 0 Å². The summed E-state index contributed by atoms with van der Waals surface area (Å²) >= 11 is 0. The zero-order chi connectivity index (χ0) is 10.0. The van der Waals surface area contributed by atoms with E-state index in [4.69, 9.17) is 14.0 Å². The molecule has 0 N–H and O–H groups in total. The molecular formula is C7H8O3Ru. The number of hydrogen-bond donors (Lipinski definition) is 0. The van der Waals surface area contributed by atoms with Gasteiger partial charge in [0.1, 0.15) is 0 Å². The van der Waals surface area contributed by atoms with E-state index in [2.05, 4.69) is 46.3 Å². The van der Waals surface area contributed by atoms with Crippen LogP contribution in [0.3, 0.4) is 0 Å². The molecule has 4 heteroatoms. The van der Waals surface area contributed by atoms with Crippen LogP contribution in [0, 0.1) is 20.0 Å². The summed E-state index contributed by atoms with van der Waals surface area (Å²) < 4.78 is 22.5. The molecule has 0 aliphatic rings. The monoisotopic (exact) mass is 242 g/mol. The molecule has 0 aliphatic heterocycles. The molecule has 0 aliphatic carbocycles. The summed E-state index contributed by atoms with van der Waals surface area (Å²) in [5.74, 6) is 0. The van der Waals surface area contributed by atoms with Crippen LogP contribution in [0.2, 0.25) is 0 Å². The van der Waals surface area contributed by atoms with Crippen LogP contribution in [0.5, 0.6) is 0 Å². The Morgan fingerprint density at radius 1 is 0.545 bits per heavy atom. The Bertz CT molecular complexity index is 59.2. The van der Waals surface area contributed by atoms with Crippen molar-refractivity contribution >= 4 is 0 Å². The van der Waals surface area contributed by atoms with Gasteiger partial charge in [0.15, 0.2) is 0 Å². The second-order valence-electron chi connectivity index (χ2n) is 0. The summed E-state index contributed by atoms with van der Waals surface area (Å²) in [7, 11) is 0. The molecule has 0 bridgehead atoms. The molecule has 0 aromatic heterocycles. The van der Waals surface area contributed by atoms with Gasteiger partial charge in [0.2, 0.25) is 0 Å². The molecule has 0 radical (unpaired) electrons. The van der Waals surface area contributed by atoms with Crippen molar-refractivity contribution in [1.82, 2.24) is 0 Å². The van der Waals surface area contributed by atoms with Crippen molar-refractivity contribution < 1.29 is 33.4 Å². The van der Waals surface area contributed by atoms with Crippen molar-refractivity contribution in [3.05, 3.63) is 46.3 Å². The molecule has 0 fully saturated rings. The minimum atomic E-state index is 0. The van der Waals surface area contributed by atoms with Crippen LogP contribution in [-0.4, -0.2) is 0 Å². The number of hydrogen-bond acceptors (Lipinski definition) is 0. The molecule has 0 spiro atoms. The molecule has 0 unspecified atom stereocenters. The van der Waals surface area contributed by atoms with E-state index < -0.39 is 0 Å². The van der Waals surface area contributed by atoms with Gasteiger partial charge in [-0.05, 0) is 0 Å². The van der Waals surface area contributed by atoms with Gasteiger partial charge in [0.25, 0.3) is 0 Å². The maximum absolute atomic E-state index is 7.50. The van der Waals surface area contributed by atoms with Crippen molar-refractivity contribution in [1.29, 1.82) is 0 Å². The van der Waals surface area contributed by atoms with E-state index in [0.717, 1.165) is 0 Å². The molecule has 0 saturated carbocycles. The summed E-state index contributed by atoms with van der Waals surface area (Å²) in [6.45, 7) is 25.5. The van der Waals surface area contributed by atoms with E-state index in [1.54, 1.807) is 0 Å². The summed E-state index contributed by atoms with van der Waals surface area (Å²) in [5, 5.41) is 0. The summed E-state index contributed by atoms with van der Waals surface area (Å²) in [6.07, 6.45) is 0. The quantitative estimate of drug-likeness (QED) is 0.267. The Kier molecular flexibility index (Phi) is 6160. The molecular weight excluding hydrogens is 233 g/mol. The maximum Gasteiger partial charge on any atom is 0 e. The van der Waals surface area contributed by atoms with Crippen LogP contribution < -0.4 is 0 Å². The maximum atomic E-state index is 7.50. The zero-order valence-electron chi connectivity index (χ0n) is 5.91. The van der Waals surface area contributed by atoms with Gasteiger partial charge in [0.05, 0.1) is 0 Å². The topological polar surface area (TPSA) is 59.7 Å². The number of rotatable bonds is 0. The fraction of sp³-hybridized carbons (Fsp3) is 0. The van der Waals surface area contributed by atoms with Crippen LogP contribution in [0.15, 0.2) is 26.3 Å². The van der Waals surface area contributed by atoms with Crippen molar-refractivity contribution in [3.8, 4) is 0 Å². The van der Waals surface area contributed by atoms with Gasteiger partial charge in [0, 0.05) is 19.5 Å². The standard InChI is InChI=1S/2C2H4.3CO.Ru/c5*1-2;/h2*1-2H2;;;;. The third-order valence-electron chi connectivity index (χ3n) is 0. The van der Waals surface area contributed by atoms with E-state index >= 15 is 0 Å². The predicted molar refractivity (Wildman–Crippen MR) is 34.3 cm³/mol. The first-order valence-electron chi connectivity index (χ1n) is 1.61. The van der Waals surface area contributed by atoms with Crippen molar-refractivity contribution in [2.45, 2.75) is 0 Å². The van der Waals surface area contributed by atoms with Gasteiger partial charge in [-0.1, -0.05) is 0 Å². The molecule has 0 saturated heterocycles. The van der Waals surface area contributed by atoms with Crippen LogP contribution >= 0.6 is 0 Å². The Morgan fingerprint density at radius 3 is 0.545 bits per heavy atom. The van der Waals surface area contributed by atoms with E-state index in [1.807, 2.05) is 0 Å². The fourth-order valence-electron chi connectivity index (χ4n) is 0. The van der Waals surface area contributed by atoms with Gasteiger partial charge >= 0.3 is 33.9 Å². The first kappa shape index (κ1) is 48.0. The van der Waals surface area contributed by atoms with E-state index in [1.165, 1.54) is 0 Å². The molecule has 11 heavy (non-hydrogen) atoms. The van der Waals surface area contributed by atoms with Crippen LogP contribution in [-0.2, 0) is 33.4 Å². The van der Waals surface area contributed by atoms with Gasteiger partial charge < -0.3 is 0 Å². The molecule has 0 aromatic rings. The summed E-state index contributed by atoms with van der Waals surface area (Å²) in [5.41, 5.74) is 0. The third kappa shape index (κ3) is 1090. The fourth-order valence-corrected chi connectivity index (χ4v) is 0. The third-order valence-corrected chi connectivity index (χ3v) is 0. The Hall–Kier alpha value is -0.677.